The van der Waals surface area contributed by atoms with Crippen LogP contribution in [0.25, 0.3) is 0 Å². The van der Waals surface area contributed by atoms with E-state index in [1.165, 1.54) is 24.3 Å². The number of hydrogen-bond acceptors (Lipinski definition) is 2. The van der Waals surface area contributed by atoms with Crippen LogP contribution in [0, 0.1) is 0 Å². The second-order valence-corrected chi connectivity index (χ2v) is 5.39. The smallest absolute Gasteiger partial charge is 0.406 e. The Morgan fingerprint density at radius 2 is 1.78 bits per heavy atom. The van der Waals surface area contributed by atoms with E-state index in [-0.39, 0.29) is 11.3 Å². The van der Waals surface area contributed by atoms with E-state index in [0.29, 0.717) is 22.6 Å². The van der Waals surface area contributed by atoms with Crippen LogP contribution < -0.4 is 4.74 Å². The molecule has 0 spiro atoms. The molecule has 0 bridgehead atoms. The zero-order valence-electron chi connectivity index (χ0n) is 12.3. The van der Waals surface area contributed by atoms with Gasteiger partial charge in [0, 0.05) is 16.1 Å². The summed E-state index contributed by atoms with van der Waals surface area (Å²) in [6, 6.07) is 10.0. The van der Waals surface area contributed by atoms with Crippen LogP contribution in [0.15, 0.2) is 42.5 Å². The molecule has 6 heteroatoms. The van der Waals surface area contributed by atoms with Crippen molar-refractivity contribution in [1.29, 1.82) is 0 Å². The van der Waals surface area contributed by atoms with E-state index in [1.807, 2.05) is 6.92 Å². The molecule has 0 aliphatic carbocycles. The Labute approximate surface area is 136 Å². The predicted octanol–water partition coefficient (Wildman–Crippen LogP) is 5.42. The fourth-order valence-electron chi connectivity index (χ4n) is 2.21. The third-order valence-corrected chi connectivity index (χ3v) is 3.44. The van der Waals surface area contributed by atoms with Crippen molar-refractivity contribution in [2.75, 3.05) is 0 Å². The third kappa shape index (κ3) is 4.73. The number of halogens is 4. The topological polar surface area (TPSA) is 26.3 Å². The van der Waals surface area contributed by atoms with Gasteiger partial charge in [-0.15, -0.1) is 13.2 Å². The number of carbonyl (C=O) groups is 1. The first-order valence-corrected chi connectivity index (χ1v) is 7.37. The average Bonchev–Trinajstić information content (AvgIpc) is 2.47. The van der Waals surface area contributed by atoms with E-state index in [1.54, 1.807) is 12.1 Å². The van der Waals surface area contributed by atoms with Crippen molar-refractivity contribution >= 4 is 17.4 Å². The van der Waals surface area contributed by atoms with Crippen LogP contribution in [-0.4, -0.2) is 12.1 Å². The second kappa shape index (κ2) is 7.04. The summed E-state index contributed by atoms with van der Waals surface area (Å²) >= 11 is 5.78. The number of benzene rings is 2. The summed E-state index contributed by atoms with van der Waals surface area (Å²) < 4.78 is 41.0. The molecule has 0 aliphatic rings. The minimum atomic E-state index is -4.80. The molecule has 0 unspecified atom stereocenters. The average molecular weight is 343 g/mol. The highest BCUT2D eigenvalue weighted by Crippen LogP contribution is 2.27. The molecule has 0 aliphatic heterocycles. The molecule has 0 heterocycles. The molecule has 2 nitrogen and oxygen atoms in total. The van der Waals surface area contributed by atoms with Gasteiger partial charge in [-0.25, -0.2) is 0 Å². The predicted molar refractivity (Wildman–Crippen MR) is 82.0 cm³/mol. The van der Waals surface area contributed by atoms with Gasteiger partial charge < -0.3 is 4.74 Å². The lowest BCUT2D eigenvalue weighted by molar-refractivity contribution is -0.274. The fraction of sp³-hybridized carbons (Fsp3) is 0.235. The summed E-state index contributed by atoms with van der Waals surface area (Å²) in [5, 5.41) is 0.476. The molecule has 0 amide bonds. The van der Waals surface area contributed by atoms with Crippen LogP contribution in [0.4, 0.5) is 13.2 Å². The number of carbonyl (C=O) groups excluding carboxylic acids is 1. The Morgan fingerprint density at radius 3 is 2.35 bits per heavy atom. The van der Waals surface area contributed by atoms with Crippen molar-refractivity contribution in [3.8, 4) is 5.75 Å². The summed E-state index contributed by atoms with van der Waals surface area (Å²) in [6.07, 6.45) is -3.45. The molecule has 0 fully saturated rings. The first-order chi connectivity index (χ1) is 10.8. The van der Waals surface area contributed by atoms with Crippen molar-refractivity contribution in [1.82, 2.24) is 0 Å². The van der Waals surface area contributed by atoms with Gasteiger partial charge in [0.1, 0.15) is 5.75 Å². The molecular weight excluding hydrogens is 329 g/mol. The van der Waals surface area contributed by atoms with Crippen molar-refractivity contribution < 1.29 is 22.7 Å². The van der Waals surface area contributed by atoms with Crippen molar-refractivity contribution in [2.45, 2.75) is 26.1 Å². The number of ether oxygens (including phenoxy) is 1. The maximum Gasteiger partial charge on any atom is 0.573 e. The molecule has 0 saturated heterocycles. The number of hydrogen-bond donors (Lipinski definition) is 0. The minimum absolute atomic E-state index is 0.205. The van der Waals surface area contributed by atoms with Crippen LogP contribution in [0.1, 0.15) is 34.8 Å². The molecule has 0 aromatic heterocycles. The first-order valence-electron chi connectivity index (χ1n) is 6.99. The Kier molecular flexibility index (Phi) is 5.31. The quantitative estimate of drug-likeness (QED) is 0.678. The maximum atomic E-state index is 12.6. The van der Waals surface area contributed by atoms with Crippen LogP contribution in [0.3, 0.4) is 0 Å². The molecule has 122 valence electrons. The summed E-state index contributed by atoms with van der Waals surface area (Å²) in [7, 11) is 0. The standard InChI is InChI=1S/C17H14ClF3O2/c1-2-3-11-6-9-14(23-17(19,20)21)10-15(11)16(22)12-4-7-13(18)8-5-12/h4-10H,2-3H2,1H3. The van der Waals surface area contributed by atoms with E-state index in [2.05, 4.69) is 4.74 Å². The van der Waals surface area contributed by atoms with Crippen molar-refractivity contribution in [3.05, 3.63) is 64.2 Å². The highest BCUT2D eigenvalue weighted by molar-refractivity contribution is 6.30. The van der Waals surface area contributed by atoms with Gasteiger partial charge in [-0.3, -0.25) is 4.79 Å². The van der Waals surface area contributed by atoms with Crippen molar-refractivity contribution in [3.63, 3.8) is 0 Å². The zero-order valence-corrected chi connectivity index (χ0v) is 13.0. The number of aryl methyl sites for hydroxylation is 1. The van der Waals surface area contributed by atoms with Gasteiger partial charge in [0.15, 0.2) is 5.78 Å². The van der Waals surface area contributed by atoms with E-state index in [4.69, 9.17) is 11.6 Å². The Balaban J connectivity index is 2.42. The summed E-state index contributed by atoms with van der Waals surface area (Å²) in [5.74, 6) is -0.771. The summed E-state index contributed by atoms with van der Waals surface area (Å²) in [5.41, 5.74) is 1.24. The van der Waals surface area contributed by atoms with Gasteiger partial charge in [-0.1, -0.05) is 31.0 Å². The van der Waals surface area contributed by atoms with Gasteiger partial charge in [-0.2, -0.15) is 0 Å². The van der Waals surface area contributed by atoms with Gasteiger partial charge in [-0.05, 0) is 48.4 Å². The highest BCUT2D eigenvalue weighted by Gasteiger charge is 2.31. The number of rotatable bonds is 5. The monoisotopic (exact) mass is 342 g/mol. The molecule has 0 atom stereocenters. The van der Waals surface area contributed by atoms with E-state index in [0.717, 1.165) is 12.5 Å². The van der Waals surface area contributed by atoms with Gasteiger partial charge in [0.05, 0.1) is 0 Å². The SMILES string of the molecule is CCCc1ccc(OC(F)(F)F)cc1C(=O)c1ccc(Cl)cc1. The molecule has 2 aromatic rings. The number of alkyl halides is 3. The largest absolute Gasteiger partial charge is 0.573 e. The summed E-state index contributed by atoms with van der Waals surface area (Å²) in [4.78, 5) is 12.6. The lowest BCUT2D eigenvalue weighted by Crippen LogP contribution is -2.17. The van der Waals surface area contributed by atoms with Gasteiger partial charge in [0.25, 0.3) is 0 Å². The van der Waals surface area contributed by atoms with E-state index in [9.17, 15) is 18.0 Å². The molecule has 23 heavy (non-hydrogen) atoms. The molecule has 0 radical (unpaired) electrons. The lowest BCUT2D eigenvalue weighted by Gasteiger charge is -2.13. The Bertz CT molecular complexity index is 694. The number of ketones is 1. The Hall–Kier alpha value is -2.01. The van der Waals surface area contributed by atoms with Crippen LogP contribution in [0.5, 0.6) is 5.75 Å². The maximum absolute atomic E-state index is 12.6. The zero-order chi connectivity index (χ0) is 17.0. The van der Waals surface area contributed by atoms with Crippen LogP contribution in [-0.2, 0) is 6.42 Å². The molecule has 2 rings (SSSR count). The van der Waals surface area contributed by atoms with Crippen LogP contribution in [0.2, 0.25) is 5.02 Å². The normalized spacial score (nSPS) is 11.3. The molecule has 0 N–H and O–H groups in total. The van der Waals surface area contributed by atoms with Crippen molar-refractivity contribution in [2.24, 2.45) is 0 Å². The minimum Gasteiger partial charge on any atom is -0.406 e. The van der Waals surface area contributed by atoms with Crippen LogP contribution >= 0.6 is 11.6 Å². The second-order valence-electron chi connectivity index (χ2n) is 4.95. The molecule has 0 saturated carbocycles. The van der Waals surface area contributed by atoms with Gasteiger partial charge in [0.2, 0.25) is 0 Å². The Morgan fingerprint density at radius 1 is 1.13 bits per heavy atom. The van der Waals surface area contributed by atoms with E-state index >= 15 is 0 Å². The highest BCUT2D eigenvalue weighted by atomic mass is 35.5. The first kappa shape index (κ1) is 17.3. The third-order valence-electron chi connectivity index (χ3n) is 3.19. The molecular formula is C17H14ClF3O2. The fourth-order valence-corrected chi connectivity index (χ4v) is 2.33. The van der Waals surface area contributed by atoms with E-state index < -0.39 is 12.1 Å². The molecule has 2 aromatic carbocycles. The summed E-state index contributed by atoms with van der Waals surface area (Å²) in [6.45, 7) is 1.93. The van der Waals surface area contributed by atoms with Gasteiger partial charge >= 0.3 is 6.36 Å². The lowest BCUT2D eigenvalue weighted by atomic mass is 9.95.